The van der Waals surface area contributed by atoms with Crippen molar-refractivity contribution in [3.63, 3.8) is 0 Å². The topological polar surface area (TPSA) is 98.6 Å². The lowest BCUT2D eigenvalue weighted by Gasteiger charge is -2.14. The smallest absolute Gasteiger partial charge is 0.227 e. The Morgan fingerprint density at radius 2 is 1.93 bits per heavy atom. The van der Waals surface area contributed by atoms with E-state index in [0.29, 0.717) is 40.5 Å². The number of hydrogen-bond donors (Lipinski definition) is 4. The number of rotatable bonds is 8. The summed E-state index contributed by atoms with van der Waals surface area (Å²) in [5.41, 5.74) is 1.43. The number of carbonyl (C=O) groups excluding carboxylic acids is 1. The van der Waals surface area contributed by atoms with Crippen LogP contribution in [0.5, 0.6) is 0 Å². The summed E-state index contributed by atoms with van der Waals surface area (Å²) < 4.78 is 0. The summed E-state index contributed by atoms with van der Waals surface area (Å²) in [5.74, 6) is 0.875. The van der Waals surface area contributed by atoms with Crippen LogP contribution in [0.3, 0.4) is 0 Å². The molecule has 2 rings (SSSR count). The van der Waals surface area contributed by atoms with Crippen LogP contribution in [-0.4, -0.2) is 41.6 Å². The first-order chi connectivity index (χ1) is 13.9. The molecule has 0 bridgehead atoms. The Hall–Kier alpha value is -2.35. The predicted molar refractivity (Wildman–Crippen MR) is 118 cm³/mol. The van der Waals surface area contributed by atoms with Crippen LogP contribution in [0, 0.1) is 6.92 Å². The molecule has 1 unspecified atom stereocenters. The van der Waals surface area contributed by atoms with Crippen molar-refractivity contribution >= 4 is 40.9 Å². The number of aliphatic hydroxyl groups is 1. The van der Waals surface area contributed by atoms with Crippen molar-refractivity contribution in [2.24, 2.45) is 4.99 Å². The van der Waals surface area contributed by atoms with Crippen molar-refractivity contribution in [2.45, 2.75) is 26.4 Å². The number of nitrogens with one attached hydrogen (secondary N) is 3. The van der Waals surface area contributed by atoms with Crippen molar-refractivity contribution < 1.29 is 9.90 Å². The molecule has 156 valence electrons. The second-order valence-electron chi connectivity index (χ2n) is 6.33. The molecule has 0 radical (unpaired) electrons. The zero-order chi connectivity index (χ0) is 21.2. The maximum absolute atomic E-state index is 12.1. The minimum Gasteiger partial charge on any atom is -0.386 e. The molecule has 2 aromatic rings. The van der Waals surface area contributed by atoms with Crippen LogP contribution in [0.1, 0.15) is 30.7 Å². The molecule has 7 nitrogen and oxygen atoms in total. The predicted octanol–water partition coefficient (Wildman–Crippen LogP) is 3.31. The van der Waals surface area contributed by atoms with Crippen molar-refractivity contribution in [1.29, 1.82) is 0 Å². The molecule has 0 saturated carbocycles. The third kappa shape index (κ3) is 8.27. The summed E-state index contributed by atoms with van der Waals surface area (Å²) in [6, 6.07) is 10.3. The zero-order valence-corrected chi connectivity index (χ0v) is 17.9. The summed E-state index contributed by atoms with van der Waals surface area (Å²) in [4.78, 5) is 20.7. The van der Waals surface area contributed by atoms with Crippen LogP contribution in [0.25, 0.3) is 0 Å². The zero-order valence-electron chi connectivity index (χ0n) is 16.4. The van der Waals surface area contributed by atoms with Crippen molar-refractivity contribution in [3.8, 4) is 0 Å². The summed E-state index contributed by atoms with van der Waals surface area (Å²) in [6.45, 7) is 4.93. The van der Waals surface area contributed by atoms with Crippen LogP contribution in [-0.2, 0) is 4.79 Å². The van der Waals surface area contributed by atoms with Crippen molar-refractivity contribution in [2.75, 3.05) is 25.0 Å². The fourth-order valence-electron chi connectivity index (χ4n) is 2.50. The van der Waals surface area contributed by atoms with Gasteiger partial charge in [0, 0.05) is 35.2 Å². The Morgan fingerprint density at radius 1 is 1.21 bits per heavy atom. The van der Waals surface area contributed by atoms with Gasteiger partial charge < -0.3 is 21.1 Å². The lowest BCUT2D eigenvalue weighted by atomic mass is 10.1. The number of benzene rings is 1. The van der Waals surface area contributed by atoms with E-state index in [1.165, 1.54) is 0 Å². The van der Waals surface area contributed by atoms with Crippen molar-refractivity contribution in [3.05, 3.63) is 57.7 Å². The molecule has 0 fully saturated rings. The van der Waals surface area contributed by atoms with E-state index in [4.69, 9.17) is 23.2 Å². The molecule has 1 atom stereocenters. The maximum atomic E-state index is 12.1. The summed E-state index contributed by atoms with van der Waals surface area (Å²) in [7, 11) is 0. The first kappa shape index (κ1) is 22.9. The highest BCUT2D eigenvalue weighted by Gasteiger charge is 2.10. The van der Waals surface area contributed by atoms with Gasteiger partial charge in [-0.25, -0.2) is 4.98 Å². The Balaban J connectivity index is 1.85. The average Bonchev–Trinajstić information content (AvgIpc) is 2.65. The van der Waals surface area contributed by atoms with Gasteiger partial charge in [-0.15, -0.1) is 0 Å². The monoisotopic (exact) mass is 437 g/mol. The number of carbonyl (C=O) groups is 1. The van der Waals surface area contributed by atoms with Crippen LogP contribution >= 0.6 is 23.2 Å². The van der Waals surface area contributed by atoms with Gasteiger partial charge in [-0.1, -0.05) is 29.3 Å². The number of pyridine rings is 1. The lowest BCUT2D eigenvalue weighted by Crippen LogP contribution is -2.39. The second kappa shape index (κ2) is 11.6. The molecule has 0 aliphatic heterocycles. The lowest BCUT2D eigenvalue weighted by molar-refractivity contribution is -0.116. The number of aliphatic hydroxyl groups excluding tert-OH is 1. The fraction of sp³-hybridized carbons (Fsp3) is 0.350. The minimum absolute atomic E-state index is 0.116. The highest BCUT2D eigenvalue weighted by atomic mass is 35.5. The molecule has 1 aromatic heterocycles. The van der Waals surface area contributed by atoms with Gasteiger partial charge in [-0.2, -0.15) is 0 Å². The first-order valence-corrected chi connectivity index (χ1v) is 10.0. The molecular weight excluding hydrogens is 413 g/mol. The van der Waals surface area contributed by atoms with Gasteiger partial charge >= 0.3 is 0 Å². The number of aryl methyl sites for hydroxylation is 1. The van der Waals surface area contributed by atoms with E-state index >= 15 is 0 Å². The van der Waals surface area contributed by atoms with E-state index in [1.54, 1.807) is 24.3 Å². The molecular formula is C20H25Cl2N5O2. The quantitative estimate of drug-likeness (QED) is 0.375. The van der Waals surface area contributed by atoms with Crippen LogP contribution < -0.4 is 16.0 Å². The highest BCUT2D eigenvalue weighted by molar-refractivity contribution is 6.34. The first-order valence-electron chi connectivity index (χ1n) is 9.27. The largest absolute Gasteiger partial charge is 0.386 e. The SMILES string of the molecule is CCNC(=NCC(O)c1cc(Cl)cc(Cl)c1)NCCC(=O)Nc1cccc(C)n1. The molecule has 4 N–H and O–H groups in total. The normalized spacial score (nSPS) is 12.4. The second-order valence-corrected chi connectivity index (χ2v) is 7.20. The van der Waals surface area contributed by atoms with Crippen LogP contribution in [0.4, 0.5) is 5.82 Å². The van der Waals surface area contributed by atoms with E-state index in [0.717, 1.165) is 5.69 Å². The number of aliphatic imine (C=N–C) groups is 1. The third-order valence-corrected chi connectivity index (χ3v) is 4.27. The Kier molecular flexibility index (Phi) is 9.18. The number of anilines is 1. The third-order valence-electron chi connectivity index (χ3n) is 3.84. The number of halogens is 2. The summed E-state index contributed by atoms with van der Waals surface area (Å²) in [6.07, 6.45) is -0.607. The van der Waals surface area contributed by atoms with E-state index < -0.39 is 6.10 Å². The van der Waals surface area contributed by atoms with Crippen LogP contribution in [0.2, 0.25) is 10.0 Å². The molecule has 9 heteroatoms. The van der Waals surface area contributed by atoms with Gasteiger partial charge in [-0.3, -0.25) is 9.79 Å². The van der Waals surface area contributed by atoms with Gasteiger partial charge in [0.2, 0.25) is 5.91 Å². The highest BCUT2D eigenvalue weighted by Crippen LogP contribution is 2.23. The molecule has 1 aromatic carbocycles. The van der Waals surface area contributed by atoms with E-state index in [2.05, 4.69) is 25.9 Å². The van der Waals surface area contributed by atoms with E-state index in [9.17, 15) is 9.90 Å². The Morgan fingerprint density at radius 3 is 2.59 bits per heavy atom. The molecule has 29 heavy (non-hydrogen) atoms. The number of amides is 1. The van der Waals surface area contributed by atoms with Gasteiger partial charge in [0.05, 0.1) is 12.6 Å². The molecule has 0 aliphatic carbocycles. The van der Waals surface area contributed by atoms with Gasteiger partial charge in [-0.05, 0) is 49.7 Å². The molecule has 1 heterocycles. The number of guanidine groups is 1. The standard InChI is InChI=1S/C20H25Cl2N5O2/c1-3-23-20(25-12-17(28)14-9-15(21)11-16(22)10-14)24-8-7-19(29)27-18-6-4-5-13(2)26-18/h4-6,9-11,17,28H,3,7-8,12H2,1-2H3,(H2,23,24,25)(H,26,27,29). The molecule has 0 aliphatic rings. The number of aromatic nitrogens is 1. The molecule has 0 saturated heterocycles. The van der Waals surface area contributed by atoms with Gasteiger partial charge in [0.25, 0.3) is 0 Å². The Labute approximate surface area is 180 Å². The fourth-order valence-corrected chi connectivity index (χ4v) is 3.05. The van der Waals surface area contributed by atoms with E-state index in [-0.39, 0.29) is 18.9 Å². The van der Waals surface area contributed by atoms with Gasteiger partial charge in [0.1, 0.15) is 5.82 Å². The summed E-state index contributed by atoms with van der Waals surface area (Å²) >= 11 is 11.9. The minimum atomic E-state index is -0.850. The van der Waals surface area contributed by atoms with Crippen LogP contribution in [0.15, 0.2) is 41.4 Å². The number of nitrogens with zero attached hydrogens (tertiary/aromatic N) is 2. The number of hydrogen-bond acceptors (Lipinski definition) is 4. The maximum Gasteiger partial charge on any atom is 0.227 e. The van der Waals surface area contributed by atoms with E-state index in [1.807, 2.05) is 26.0 Å². The molecule has 0 spiro atoms. The average molecular weight is 438 g/mol. The summed E-state index contributed by atoms with van der Waals surface area (Å²) in [5, 5.41) is 20.1. The van der Waals surface area contributed by atoms with Crippen molar-refractivity contribution in [1.82, 2.24) is 15.6 Å². The Bertz CT molecular complexity index is 840. The van der Waals surface area contributed by atoms with Gasteiger partial charge in [0.15, 0.2) is 5.96 Å². The molecule has 1 amide bonds.